The lowest BCUT2D eigenvalue weighted by molar-refractivity contribution is 0.0526. The van der Waals surface area contributed by atoms with E-state index < -0.39 is 5.97 Å². The zero-order valence-electron chi connectivity index (χ0n) is 19.7. The summed E-state index contributed by atoms with van der Waals surface area (Å²) in [4.78, 5) is 17.7. The third-order valence-corrected chi connectivity index (χ3v) is 6.10. The number of rotatable bonds is 4. The standard InChI is InChI=1S/C26H32N2O4/c1-7-31-24(30)20-15(2)32-23-18-11-9-8-10-17(18)22(29)19(21(20)23)14-27-16-12-25(3,4)28-26(5,6)13-16/h8-11,14,16,28-29H,7,12-13H2,1-6H3. The number of piperidine rings is 1. The van der Waals surface area contributed by atoms with E-state index in [0.29, 0.717) is 33.2 Å². The van der Waals surface area contributed by atoms with Crippen LogP contribution in [0.3, 0.4) is 0 Å². The molecule has 4 rings (SSSR count). The number of esters is 1. The number of ether oxygens (including phenoxy) is 1. The zero-order valence-corrected chi connectivity index (χ0v) is 19.7. The van der Waals surface area contributed by atoms with E-state index in [-0.39, 0.29) is 29.5 Å². The molecule has 0 spiro atoms. The van der Waals surface area contributed by atoms with Crippen molar-refractivity contribution in [2.45, 2.75) is 71.5 Å². The van der Waals surface area contributed by atoms with E-state index >= 15 is 0 Å². The van der Waals surface area contributed by atoms with Gasteiger partial charge in [0.2, 0.25) is 0 Å². The van der Waals surface area contributed by atoms with E-state index in [1.165, 1.54) is 0 Å². The highest BCUT2D eigenvalue weighted by Crippen LogP contribution is 2.41. The molecule has 0 unspecified atom stereocenters. The summed E-state index contributed by atoms with van der Waals surface area (Å²) in [5.41, 5.74) is 1.30. The van der Waals surface area contributed by atoms with Gasteiger partial charge in [-0.05, 0) is 54.4 Å². The summed E-state index contributed by atoms with van der Waals surface area (Å²) < 4.78 is 11.3. The molecule has 3 aromatic rings. The van der Waals surface area contributed by atoms with E-state index in [2.05, 4.69) is 33.0 Å². The van der Waals surface area contributed by atoms with Crippen LogP contribution < -0.4 is 5.32 Å². The summed E-state index contributed by atoms with van der Waals surface area (Å²) >= 11 is 0. The Bertz CT molecular complexity index is 1200. The quantitative estimate of drug-likeness (QED) is 0.416. The van der Waals surface area contributed by atoms with Gasteiger partial charge in [0, 0.05) is 39.0 Å². The minimum Gasteiger partial charge on any atom is -0.507 e. The van der Waals surface area contributed by atoms with Crippen LogP contribution in [-0.4, -0.2) is 41.0 Å². The van der Waals surface area contributed by atoms with Gasteiger partial charge in [0.15, 0.2) is 0 Å². The molecule has 1 fully saturated rings. The fourth-order valence-electron chi connectivity index (χ4n) is 5.27. The molecule has 170 valence electrons. The number of hydrogen-bond acceptors (Lipinski definition) is 6. The Labute approximate surface area is 188 Å². The molecule has 0 radical (unpaired) electrons. The average Bonchev–Trinajstić information content (AvgIpc) is 3.03. The van der Waals surface area contributed by atoms with Crippen molar-refractivity contribution >= 4 is 33.9 Å². The van der Waals surface area contributed by atoms with Crippen LogP contribution in [0.5, 0.6) is 5.75 Å². The van der Waals surface area contributed by atoms with Crippen LogP contribution in [-0.2, 0) is 4.74 Å². The first kappa shape index (κ1) is 22.3. The van der Waals surface area contributed by atoms with Gasteiger partial charge in [0.1, 0.15) is 22.7 Å². The van der Waals surface area contributed by atoms with Crippen molar-refractivity contribution in [2.24, 2.45) is 4.99 Å². The first-order valence-corrected chi connectivity index (χ1v) is 11.2. The molecule has 1 saturated heterocycles. The first-order valence-electron chi connectivity index (χ1n) is 11.2. The second kappa shape index (κ2) is 7.93. The smallest absolute Gasteiger partial charge is 0.342 e. The maximum Gasteiger partial charge on any atom is 0.342 e. The summed E-state index contributed by atoms with van der Waals surface area (Å²) in [5, 5.41) is 16.9. The number of furan rings is 1. The Morgan fingerprint density at radius 3 is 2.47 bits per heavy atom. The summed E-state index contributed by atoms with van der Waals surface area (Å²) in [6, 6.07) is 7.57. The molecule has 2 aromatic carbocycles. The van der Waals surface area contributed by atoms with Crippen molar-refractivity contribution in [1.82, 2.24) is 5.32 Å². The largest absolute Gasteiger partial charge is 0.507 e. The molecule has 1 aromatic heterocycles. The van der Waals surface area contributed by atoms with E-state index in [0.717, 1.165) is 18.2 Å². The Hall–Kier alpha value is -2.86. The van der Waals surface area contributed by atoms with Crippen LogP contribution in [0.1, 0.15) is 69.1 Å². The van der Waals surface area contributed by atoms with Crippen LogP contribution in [0.25, 0.3) is 21.7 Å². The van der Waals surface area contributed by atoms with Crippen LogP contribution in [0.15, 0.2) is 33.7 Å². The SMILES string of the molecule is CCOC(=O)c1c(C)oc2c1c(C=NC1CC(C)(C)NC(C)(C)C1)c(O)c1ccccc12. The average molecular weight is 437 g/mol. The Balaban J connectivity index is 1.92. The molecule has 0 saturated carbocycles. The Morgan fingerprint density at radius 1 is 1.22 bits per heavy atom. The fourth-order valence-corrected chi connectivity index (χ4v) is 5.27. The normalized spacial score (nSPS) is 18.6. The zero-order chi connectivity index (χ0) is 23.3. The van der Waals surface area contributed by atoms with E-state index in [4.69, 9.17) is 14.1 Å². The third-order valence-electron chi connectivity index (χ3n) is 6.10. The number of aliphatic imine (C=N–C) groups is 1. The molecular weight excluding hydrogens is 404 g/mol. The Morgan fingerprint density at radius 2 is 1.84 bits per heavy atom. The summed E-state index contributed by atoms with van der Waals surface area (Å²) in [7, 11) is 0. The van der Waals surface area contributed by atoms with Gasteiger partial charge in [-0.2, -0.15) is 0 Å². The highest BCUT2D eigenvalue weighted by Gasteiger charge is 2.37. The number of aromatic hydroxyl groups is 1. The predicted octanol–water partition coefficient (Wildman–Crippen LogP) is 5.50. The van der Waals surface area contributed by atoms with Gasteiger partial charge in [0.05, 0.1) is 12.6 Å². The number of hydrogen-bond donors (Lipinski definition) is 2. The van der Waals surface area contributed by atoms with Crippen LogP contribution >= 0.6 is 0 Å². The number of phenols is 1. The number of aryl methyl sites for hydroxylation is 1. The molecule has 6 nitrogen and oxygen atoms in total. The first-order chi connectivity index (χ1) is 15.0. The highest BCUT2D eigenvalue weighted by atomic mass is 16.5. The van der Waals surface area contributed by atoms with Crippen molar-refractivity contribution in [2.75, 3.05) is 6.61 Å². The lowest BCUT2D eigenvalue weighted by atomic mass is 9.80. The third kappa shape index (κ3) is 3.99. The fraction of sp³-hybridized carbons (Fsp3) is 0.462. The number of fused-ring (bicyclic) bond motifs is 3. The van der Waals surface area contributed by atoms with Gasteiger partial charge >= 0.3 is 5.97 Å². The van der Waals surface area contributed by atoms with Gasteiger partial charge in [-0.3, -0.25) is 4.99 Å². The van der Waals surface area contributed by atoms with Crippen LogP contribution in [0.4, 0.5) is 0 Å². The maximum absolute atomic E-state index is 12.8. The Kier molecular flexibility index (Phi) is 5.53. The minimum atomic E-state index is -0.461. The summed E-state index contributed by atoms with van der Waals surface area (Å²) in [6.07, 6.45) is 3.46. The monoisotopic (exact) mass is 436 g/mol. The predicted molar refractivity (Wildman–Crippen MR) is 128 cm³/mol. The van der Waals surface area contributed by atoms with E-state index in [1.54, 1.807) is 20.1 Å². The van der Waals surface area contributed by atoms with E-state index in [9.17, 15) is 9.90 Å². The van der Waals surface area contributed by atoms with Gasteiger partial charge in [-0.15, -0.1) is 0 Å². The van der Waals surface area contributed by atoms with Gasteiger partial charge in [0.25, 0.3) is 0 Å². The molecule has 2 heterocycles. The van der Waals surface area contributed by atoms with Crippen molar-refractivity contribution in [3.63, 3.8) is 0 Å². The van der Waals surface area contributed by atoms with Crippen molar-refractivity contribution in [1.29, 1.82) is 0 Å². The van der Waals surface area contributed by atoms with Crippen LogP contribution in [0.2, 0.25) is 0 Å². The van der Waals surface area contributed by atoms with Crippen LogP contribution in [0, 0.1) is 6.92 Å². The molecule has 0 atom stereocenters. The number of nitrogens with zero attached hydrogens (tertiary/aromatic N) is 1. The lowest BCUT2D eigenvalue weighted by Crippen LogP contribution is -2.58. The van der Waals surface area contributed by atoms with Crippen molar-refractivity contribution < 1.29 is 19.1 Å². The van der Waals surface area contributed by atoms with Gasteiger partial charge in [-0.1, -0.05) is 24.3 Å². The topological polar surface area (TPSA) is 84.1 Å². The molecule has 1 aliphatic heterocycles. The van der Waals surface area contributed by atoms with Crippen molar-refractivity contribution in [3.05, 3.63) is 41.2 Å². The second-order valence-corrected chi connectivity index (χ2v) is 10.00. The summed E-state index contributed by atoms with van der Waals surface area (Å²) in [6.45, 7) is 12.5. The highest BCUT2D eigenvalue weighted by molar-refractivity contribution is 6.21. The molecule has 0 amide bonds. The number of nitrogens with one attached hydrogen (secondary N) is 1. The van der Waals surface area contributed by atoms with Gasteiger partial charge in [-0.25, -0.2) is 4.79 Å². The minimum absolute atomic E-state index is 0.0488. The molecule has 32 heavy (non-hydrogen) atoms. The molecule has 0 aliphatic carbocycles. The number of carbonyl (C=O) groups excluding carboxylic acids is 1. The second-order valence-electron chi connectivity index (χ2n) is 10.00. The van der Waals surface area contributed by atoms with Crippen molar-refractivity contribution in [3.8, 4) is 5.75 Å². The summed E-state index contributed by atoms with van der Waals surface area (Å²) in [5.74, 6) is 0.0980. The molecule has 6 heteroatoms. The number of benzene rings is 2. The lowest BCUT2D eigenvalue weighted by Gasteiger charge is -2.45. The van der Waals surface area contributed by atoms with Gasteiger partial charge < -0.3 is 19.6 Å². The van der Waals surface area contributed by atoms with E-state index in [1.807, 2.05) is 24.3 Å². The molecule has 2 N–H and O–H groups in total. The molecule has 0 bridgehead atoms. The molecule has 1 aliphatic rings. The number of phenolic OH excluding ortho intramolecular Hbond substituents is 1. The molecular formula is C26H32N2O4. The number of carbonyl (C=O) groups is 1. The maximum atomic E-state index is 12.8.